The standard InChI is InChI=1S/C12H20O/c1-6-9-7-11(2,3)8-10(13)12(9,4)5/h6H,7-8H2,1-5H3. The minimum atomic E-state index is -0.218. The van der Waals surface area contributed by atoms with Gasteiger partial charge in [-0.15, -0.1) is 0 Å². The van der Waals surface area contributed by atoms with Crippen LogP contribution in [0.4, 0.5) is 0 Å². The molecule has 1 heteroatoms. The van der Waals surface area contributed by atoms with Crippen LogP contribution in [0.15, 0.2) is 11.6 Å². The van der Waals surface area contributed by atoms with E-state index >= 15 is 0 Å². The molecule has 0 atom stereocenters. The Bertz CT molecular complexity index is 256. The quantitative estimate of drug-likeness (QED) is 0.522. The smallest absolute Gasteiger partial charge is 0.143 e. The highest BCUT2D eigenvalue weighted by Crippen LogP contribution is 2.45. The second kappa shape index (κ2) is 2.97. The van der Waals surface area contributed by atoms with E-state index in [1.165, 1.54) is 5.57 Å². The Morgan fingerprint density at radius 3 is 2.15 bits per heavy atom. The number of rotatable bonds is 0. The second-order valence-corrected chi connectivity index (χ2v) is 5.38. The van der Waals surface area contributed by atoms with Gasteiger partial charge in [0.1, 0.15) is 5.78 Å². The molecule has 0 unspecified atom stereocenters. The molecule has 1 nitrogen and oxygen atoms in total. The van der Waals surface area contributed by atoms with Crippen LogP contribution in [0, 0.1) is 10.8 Å². The van der Waals surface area contributed by atoms with Crippen LogP contribution in [0.25, 0.3) is 0 Å². The Kier molecular flexibility index (Phi) is 2.40. The van der Waals surface area contributed by atoms with Gasteiger partial charge >= 0.3 is 0 Å². The van der Waals surface area contributed by atoms with E-state index in [2.05, 4.69) is 19.9 Å². The zero-order valence-corrected chi connectivity index (χ0v) is 9.40. The van der Waals surface area contributed by atoms with Crippen molar-refractivity contribution in [3.63, 3.8) is 0 Å². The molecule has 1 rings (SSSR count). The van der Waals surface area contributed by atoms with E-state index in [1.807, 2.05) is 20.8 Å². The molecule has 0 spiro atoms. The lowest BCUT2D eigenvalue weighted by Gasteiger charge is -2.40. The molecule has 1 fully saturated rings. The van der Waals surface area contributed by atoms with E-state index in [9.17, 15) is 4.79 Å². The molecule has 1 aliphatic rings. The summed E-state index contributed by atoms with van der Waals surface area (Å²) in [6.07, 6.45) is 3.89. The van der Waals surface area contributed by atoms with Crippen molar-refractivity contribution >= 4 is 5.78 Å². The highest BCUT2D eigenvalue weighted by Gasteiger charge is 2.41. The molecule has 1 saturated carbocycles. The second-order valence-electron chi connectivity index (χ2n) is 5.38. The first-order chi connectivity index (χ1) is 5.79. The van der Waals surface area contributed by atoms with Crippen molar-refractivity contribution in [1.29, 1.82) is 0 Å². The van der Waals surface area contributed by atoms with Crippen molar-refractivity contribution in [3.8, 4) is 0 Å². The maximum atomic E-state index is 11.9. The Labute approximate surface area is 81.2 Å². The van der Waals surface area contributed by atoms with E-state index in [1.54, 1.807) is 0 Å². The van der Waals surface area contributed by atoms with Gasteiger partial charge in [0.05, 0.1) is 0 Å². The summed E-state index contributed by atoms with van der Waals surface area (Å²) in [7, 11) is 0. The molecular weight excluding hydrogens is 160 g/mol. The summed E-state index contributed by atoms with van der Waals surface area (Å²) in [5, 5.41) is 0. The van der Waals surface area contributed by atoms with Crippen LogP contribution < -0.4 is 0 Å². The van der Waals surface area contributed by atoms with E-state index < -0.39 is 0 Å². The summed E-state index contributed by atoms with van der Waals surface area (Å²) in [4.78, 5) is 11.9. The zero-order valence-electron chi connectivity index (χ0n) is 9.40. The van der Waals surface area contributed by atoms with Gasteiger partial charge in [0.2, 0.25) is 0 Å². The summed E-state index contributed by atoms with van der Waals surface area (Å²) < 4.78 is 0. The fraction of sp³-hybridized carbons (Fsp3) is 0.750. The fourth-order valence-corrected chi connectivity index (χ4v) is 2.10. The van der Waals surface area contributed by atoms with Crippen molar-refractivity contribution in [1.82, 2.24) is 0 Å². The van der Waals surface area contributed by atoms with Crippen LogP contribution in [0.3, 0.4) is 0 Å². The van der Waals surface area contributed by atoms with E-state index in [0.29, 0.717) is 5.78 Å². The van der Waals surface area contributed by atoms with Crippen molar-refractivity contribution in [2.75, 3.05) is 0 Å². The average molecular weight is 180 g/mol. The lowest BCUT2D eigenvalue weighted by atomic mass is 9.63. The summed E-state index contributed by atoms with van der Waals surface area (Å²) in [6.45, 7) is 10.5. The first-order valence-electron chi connectivity index (χ1n) is 4.98. The third kappa shape index (κ3) is 1.84. The third-order valence-electron chi connectivity index (χ3n) is 3.16. The van der Waals surface area contributed by atoms with Gasteiger partial charge in [-0.3, -0.25) is 4.79 Å². The van der Waals surface area contributed by atoms with Crippen molar-refractivity contribution in [2.24, 2.45) is 10.8 Å². The topological polar surface area (TPSA) is 17.1 Å². The minimum absolute atomic E-state index is 0.161. The summed E-state index contributed by atoms with van der Waals surface area (Å²) >= 11 is 0. The molecule has 0 aromatic carbocycles. The zero-order chi connectivity index (χ0) is 10.3. The average Bonchev–Trinajstić information content (AvgIpc) is 1.97. The number of hydrogen-bond acceptors (Lipinski definition) is 1. The minimum Gasteiger partial charge on any atom is -0.299 e. The predicted molar refractivity (Wildman–Crippen MR) is 55.6 cm³/mol. The summed E-state index contributed by atoms with van der Waals surface area (Å²) in [5.74, 6) is 0.386. The first-order valence-corrected chi connectivity index (χ1v) is 4.98. The van der Waals surface area contributed by atoms with Crippen LogP contribution in [0.2, 0.25) is 0 Å². The van der Waals surface area contributed by atoms with Gasteiger partial charge in [-0.2, -0.15) is 0 Å². The molecular formula is C12H20O. The lowest BCUT2D eigenvalue weighted by molar-refractivity contribution is -0.129. The molecule has 0 aliphatic heterocycles. The van der Waals surface area contributed by atoms with Gasteiger partial charge in [-0.25, -0.2) is 0 Å². The van der Waals surface area contributed by atoms with Gasteiger partial charge in [0, 0.05) is 11.8 Å². The molecule has 0 saturated heterocycles. The van der Waals surface area contributed by atoms with Gasteiger partial charge in [-0.05, 0) is 32.6 Å². The van der Waals surface area contributed by atoms with Crippen molar-refractivity contribution in [2.45, 2.75) is 47.5 Å². The van der Waals surface area contributed by atoms with Crippen LogP contribution in [0.1, 0.15) is 47.5 Å². The molecule has 0 aromatic rings. The molecule has 0 radical (unpaired) electrons. The van der Waals surface area contributed by atoms with Crippen LogP contribution in [-0.4, -0.2) is 5.78 Å². The number of carbonyl (C=O) groups excluding carboxylic acids is 1. The predicted octanol–water partition coefficient (Wildman–Crippen LogP) is 3.35. The molecule has 0 aromatic heterocycles. The van der Waals surface area contributed by atoms with Crippen LogP contribution in [0.5, 0.6) is 0 Å². The first kappa shape index (κ1) is 10.5. The van der Waals surface area contributed by atoms with E-state index in [-0.39, 0.29) is 10.8 Å². The molecule has 0 amide bonds. The number of ketones is 1. The molecule has 0 heterocycles. The van der Waals surface area contributed by atoms with E-state index in [0.717, 1.165) is 12.8 Å². The fourth-order valence-electron chi connectivity index (χ4n) is 2.10. The maximum Gasteiger partial charge on any atom is 0.143 e. The molecule has 0 N–H and O–H groups in total. The van der Waals surface area contributed by atoms with Crippen molar-refractivity contribution < 1.29 is 4.79 Å². The van der Waals surface area contributed by atoms with Crippen molar-refractivity contribution in [3.05, 3.63) is 11.6 Å². The molecule has 74 valence electrons. The van der Waals surface area contributed by atoms with Gasteiger partial charge in [0.25, 0.3) is 0 Å². The van der Waals surface area contributed by atoms with Gasteiger partial charge in [-0.1, -0.05) is 25.5 Å². The Hall–Kier alpha value is -0.590. The van der Waals surface area contributed by atoms with Gasteiger partial charge in [0.15, 0.2) is 0 Å². The molecule has 13 heavy (non-hydrogen) atoms. The Morgan fingerprint density at radius 2 is 1.69 bits per heavy atom. The number of allylic oxidation sites excluding steroid dienone is 2. The Balaban J connectivity index is 3.03. The molecule has 0 bridgehead atoms. The maximum absolute atomic E-state index is 11.9. The SMILES string of the molecule is CC=C1CC(C)(C)CC(=O)C1(C)C. The lowest BCUT2D eigenvalue weighted by Crippen LogP contribution is -2.38. The van der Waals surface area contributed by atoms with Crippen LogP contribution in [-0.2, 0) is 4.79 Å². The third-order valence-corrected chi connectivity index (χ3v) is 3.16. The summed E-state index contributed by atoms with van der Waals surface area (Å²) in [6, 6.07) is 0. The normalized spacial score (nSPS) is 29.3. The van der Waals surface area contributed by atoms with Gasteiger partial charge < -0.3 is 0 Å². The summed E-state index contributed by atoms with van der Waals surface area (Å²) in [5.41, 5.74) is 1.24. The van der Waals surface area contributed by atoms with Crippen LogP contribution >= 0.6 is 0 Å². The Morgan fingerprint density at radius 1 is 1.15 bits per heavy atom. The number of carbonyl (C=O) groups is 1. The van der Waals surface area contributed by atoms with E-state index in [4.69, 9.17) is 0 Å². The highest BCUT2D eigenvalue weighted by atomic mass is 16.1. The number of Topliss-reactive ketones (excluding diaryl/α,β-unsaturated/α-hetero) is 1. The number of hydrogen-bond donors (Lipinski definition) is 0. The highest BCUT2D eigenvalue weighted by molar-refractivity contribution is 5.88. The monoisotopic (exact) mass is 180 g/mol. The molecule has 1 aliphatic carbocycles. The largest absolute Gasteiger partial charge is 0.299 e.